The molecule has 0 saturated heterocycles. The van der Waals surface area contributed by atoms with Crippen LogP contribution >= 0.6 is 47.8 Å². The van der Waals surface area contributed by atoms with Gasteiger partial charge in [-0.1, -0.05) is 46.3 Å². The molecule has 0 amide bonds. The number of halogens is 5. The highest BCUT2D eigenvalue weighted by atomic mass is 79.9. The van der Waals surface area contributed by atoms with Gasteiger partial charge in [0.25, 0.3) is 0 Å². The summed E-state index contributed by atoms with van der Waals surface area (Å²) in [6.45, 7) is 1.54. The maximum atomic E-state index is 12.9. The van der Waals surface area contributed by atoms with Crippen molar-refractivity contribution in [1.82, 2.24) is 0 Å². The average molecular weight is 457 g/mol. The van der Waals surface area contributed by atoms with Crippen molar-refractivity contribution in [2.45, 2.75) is 13.6 Å². The van der Waals surface area contributed by atoms with Crippen LogP contribution < -0.4 is 0 Å². The topological polar surface area (TPSA) is 0 Å². The highest BCUT2D eigenvalue weighted by Gasteiger charge is 2.09. The van der Waals surface area contributed by atoms with E-state index >= 15 is 0 Å². The standard InChI is InChI=1S/C7H4Br3F.C7H7F/c1-3-4(8)2-5(11)7(10)6(3)9;8-6-7-4-2-1-3-5-7/h2H,1H3;1-5H,6H2. The molecule has 0 N–H and O–H groups in total. The summed E-state index contributed by atoms with van der Waals surface area (Å²) in [5.74, 6) is -0.269. The third-order valence-corrected chi connectivity index (χ3v) is 5.46. The van der Waals surface area contributed by atoms with Crippen molar-refractivity contribution >= 4 is 47.8 Å². The van der Waals surface area contributed by atoms with Gasteiger partial charge in [-0.05, 0) is 56.0 Å². The predicted octanol–water partition coefficient (Wildman–Crippen LogP) is 6.58. The molecule has 2 aromatic rings. The second-order valence-electron chi connectivity index (χ2n) is 3.71. The minimum Gasteiger partial charge on any atom is -0.246 e. The summed E-state index contributed by atoms with van der Waals surface area (Å²) >= 11 is 9.63. The molecule has 0 nitrogen and oxygen atoms in total. The Morgan fingerprint density at radius 1 is 1.00 bits per heavy atom. The number of alkyl halides is 1. The van der Waals surface area contributed by atoms with E-state index in [9.17, 15) is 8.78 Å². The molecule has 0 fully saturated rings. The Labute approximate surface area is 136 Å². The molecule has 0 radical (unpaired) electrons. The molecule has 2 rings (SSSR count). The molecular weight excluding hydrogens is 446 g/mol. The molecule has 2 aromatic carbocycles. The number of hydrogen-bond acceptors (Lipinski definition) is 0. The first-order valence-electron chi connectivity index (χ1n) is 5.36. The Bertz CT molecular complexity index is 516. The smallest absolute Gasteiger partial charge is 0.139 e. The zero-order chi connectivity index (χ0) is 14.4. The van der Waals surface area contributed by atoms with Crippen molar-refractivity contribution in [3.63, 3.8) is 0 Å². The van der Waals surface area contributed by atoms with Crippen molar-refractivity contribution in [3.05, 3.63) is 66.8 Å². The Balaban J connectivity index is 0.000000200. The first kappa shape index (κ1) is 16.8. The first-order chi connectivity index (χ1) is 8.97. The summed E-state index contributed by atoms with van der Waals surface area (Å²) in [6.07, 6.45) is 0. The summed E-state index contributed by atoms with van der Waals surface area (Å²) < 4.78 is 26.6. The van der Waals surface area contributed by atoms with Crippen molar-refractivity contribution in [3.8, 4) is 0 Å². The molecule has 0 aromatic heterocycles. The first-order valence-corrected chi connectivity index (χ1v) is 7.74. The van der Waals surface area contributed by atoms with E-state index in [2.05, 4.69) is 47.8 Å². The second kappa shape index (κ2) is 8.12. The van der Waals surface area contributed by atoms with E-state index in [1.54, 1.807) is 12.1 Å². The van der Waals surface area contributed by atoms with Gasteiger partial charge in [0.15, 0.2) is 0 Å². The minimum absolute atomic E-state index is 0.269. The monoisotopic (exact) mass is 454 g/mol. The lowest BCUT2D eigenvalue weighted by Crippen LogP contribution is -1.85. The van der Waals surface area contributed by atoms with Gasteiger partial charge in [-0.25, -0.2) is 8.78 Å². The van der Waals surface area contributed by atoms with E-state index in [4.69, 9.17) is 0 Å². The van der Waals surface area contributed by atoms with Crippen LogP contribution in [-0.4, -0.2) is 0 Å². The third kappa shape index (κ3) is 4.97. The quantitative estimate of drug-likeness (QED) is 0.336. The summed E-state index contributed by atoms with van der Waals surface area (Å²) in [7, 11) is 0. The van der Waals surface area contributed by atoms with E-state index in [0.717, 1.165) is 20.1 Å². The van der Waals surface area contributed by atoms with E-state index in [-0.39, 0.29) is 12.5 Å². The van der Waals surface area contributed by atoms with E-state index < -0.39 is 0 Å². The summed E-state index contributed by atoms with van der Waals surface area (Å²) in [6, 6.07) is 10.5. The second-order valence-corrected chi connectivity index (χ2v) is 6.15. The van der Waals surface area contributed by atoms with Crippen LogP contribution in [0.5, 0.6) is 0 Å². The Kier molecular flexibility index (Phi) is 7.18. The number of hydrogen-bond donors (Lipinski definition) is 0. The molecule has 0 unspecified atom stereocenters. The lowest BCUT2D eigenvalue weighted by Gasteiger charge is -2.04. The summed E-state index contributed by atoms with van der Waals surface area (Å²) in [5, 5.41) is 0. The molecule has 0 saturated carbocycles. The molecule has 0 bridgehead atoms. The van der Waals surface area contributed by atoms with Gasteiger partial charge in [0.1, 0.15) is 12.5 Å². The zero-order valence-corrected chi connectivity index (χ0v) is 14.8. The van der Waals surface area contributed by atoms with Crippen molar-refractivity contribution in [1.29, 1.82) is 0 Å². The van der Waals surface area contributed by atoms with Gasteiger partial charge >= 0.3 is 0 Å². The molecular formula is C14H11Br3F2. The molecule has 0 aliphatic rings. The van der Waals surface area contributed by atoms with Crippen LogP contribution in [-0.2, 0) is 6.67 Å². The fourth-order valence-corrected chi connectivity index (χ4v) is 2.70. The van der Waals surface area contributed by atoms with Crippen LogP contribution in [0.15, 0.2) is 49.8 Å². The van der Waals surface area contributed by atoms with Crippen LogP contribution in [0.25, 0.3) is 0 Å². The maximum Gasteiger partial charge on any atom is 0.139 e. The van der Waals surface area contributed by atoms with Crippen molar-refractivity contribution in [2.75, 3.05) is 0 Å². The van der Waals surface area contributed by atoms with Gasteiger partial charge < -0.3 is 0 Å². The highest BCUT2D eigenvalue weighted by Crippen LogP contribution is 2.33. The van der Waals surface area contributed by atoms with Crippen LogP contribution in [0, 0.1) is 12.7 Å². The Hall–Kier alpha value is -0.260. The molecule has 0 heterocycles. The SMILES string of the molecule is Cc1c(Br)cc(F)c(Br)c1Br.FCc1ccccc1. The van der Waals surface area contributed by atoms with Gasteiger partial charge in [0.2, 0.25) is 0 Å². The number of rotatable bonds is 1. The summed E-state index contributed by atoms with van der Waals surface area (Å²) in [5.41, 5.74) is 1.73. The van der Waals surface area contributed by atoms with Crippen LogP contribution in [0.3, 0.4) is 0 Å². The van der Waals surface area contributed by atoms with Gasteiger partial charge in [-0.15, -0.1) is 0 Å². The zero-order valence-electron chi connectivity index (χ0n) is 10.1. The lowest BCUT2D eigenvalue weighted by atomic mass is 10.2. The fraction of sp³-hybridized carbons (Fsp3) is 0.143. The molecule has 5 heteroatoms. The lowest BCUT2D eigenvalue weighted by molar-refractivity contribution is 0.485. The summed E-state index contributed by atoms with van der Waals surface area (Å²) in [4.78, 5) is 0. The van der Waals surface area contributed by atoms with Gasteiger partial charge in [0, 0.05) is 8.95 Å². The van der Waals surface area contributed by atoms with Crippen LogP contribution in [0.4, 0.5) is 8.78 Å². The minimum atomic E-state index is -0.360. The predicted molar refractivity (Wildman–Crippen MR) is 85.5 cm³/mol. The van der Waals surface area contributed by atoms with E-state index in [0.29, 0.717) is 4.47 Å². The Morgan fingerprint density at radius 2 is 1.58 bits per heavy atom. The third-order valence-electron chi connectivity index (χ3n) is 2.34. The number of benzene rings is 2. The van der Waals surface area contributed by atoms with Crippen LogP contribution in [0.1, 0.15) is 11.1 Å². The molecule has 102 valence electrons. The van der Waals surface area contributed by atoms with Crippen LogP contribution in [0.2, 0.25) is 0 Å². The van der Waals surface area contributed by atoms with Crippen molar-refractivity contribution < 1.29 is 8.78 Å². The molecule has 0 spiro atoms. The molecule has 0 atom stereocenters. The maximum absolute atomic E-state index is 12.9. The van der Waals surface area contributed by atoms with E-state index in [1.807, 2.05) is 25.1 Å². The molecule has 0 aliphatic carbocycles. The highest BCUT2D eigenvalue weighted by molar-refractivity contribution is 9.13. The molecule has 0 aliphatic heterocycles. The Morgan fingerprint density at radius 3 is 2.05 bits per heavy atom. The average Bonchev–Trinajstić information content (AvgIpc) is 2.44. The largest absolute Gasteiger partial charge is 0.246 e. The fourth-order valence-electron chi connectivity index (χ4n) is 1.22. The molecule has 19 heavy (non-hydrogen) atoms. The van der Waals surface area contributed by atoms with Gasteiger partial charge in [0.05, 0.1) is 4.47 Å². The van der Waals surface area contributed by atoms with Gasteiger partial charge in [-0.3, -0.25) is 0 Å². The van der Waals surface area contributed by atoms with Crippen molar-refractivity contribution in [2.24, 2.45) is 0 Å². The van der Waals surface area contributed by atoms with Gasteiger partial charge in [-0.2, -0.15) is 0 Å². The normalized spacial score (nSPS) is 9.79. The van der Waals surface area contributed by atoms with E-state index in [1.165, 1.54) is 6.07 Å².